The third kappa shape index (κ3) is 3.94. The molecule has 0 radical (unpaired) electrons. The Morgan fingerprint density at radius 2 is 1.95 bits per heavy atom. The first-order valence-corrected chi connectivity index (χ1v) is 8.69. The summed E-state index contributed by atoms with van der Waals surface area (Å²) in [5.74, 6) is 1.66. The maximum absolute atomic E-state index is 6.32. The lowest BCUT2D eigenvalue weighted by molar-refractivity contribution is 0.472. The molecule has 0 aromatic heterocycles. The third-order valence-electron chi connectivity index (χ3n) is 3.51. The highest BCUT2D eigenvalue weighted by molar-refractivity contribution is 7.98. The van der Waals surface area contributed by atoms with Gasteiger partial charge in [0.25, 0.3) is 0 Å². The Bertz CT molecular complexity index is 611. The molecule has 0 unspecified atom stereocenters. The number of thioether (sulfide) groups is 1. The van der Waals surface area contributed by atoms with Crippen LogP contribution in [0.2, 0.25) is 5.02 Å². The SMILES string of the molecule is CSc1ccc(Oc2cccc(Cl)c2CNC2CC2)cc1. The van der Waals surface area contributed by atoms with Crippen LogP contribution in [0, 0.1) is 0 Å². The van der Waals surface area contributed by atoms with Crippen molar-refractivity contribution in [2.45, 2.75) is 30.3 Å². The Morgan fingerprint density at radius 3 is 2.62 bits per heavy atom. The van der Waals surface area contributed by atoms with Gasteiger partial charge in [0.1, 0.15) is 11.5 Å². The van der Waals surface area contributed by atoms with Gasteiger partial charge < -0.3 is 10.1 Å². The van der Waals surface area contributed by atoms with Gasteiger partial charge >= 0.3 is 0 Å². The fourth-order valence-electron chi connectivity index (χ4n) is 2.11. The molecule has 0 amide bonds. The first kappa shape index (κ1) is 14.8. The molecule has 1 fully saturated rings. The Labute approximate surface area is 134 Å². The first-order chi connectivity index (χ1) is 10.3. The van der Waals surface area contributed by atoms with Crippen LogP contribution in [0.3, 0.4) is 0 Å². The van der Waals surface area contributed by atoms with Gasteiger partial charge in [-0.15, -0.1) is 11.8 Å². The van der Waals surface area contributed by atoms with E-state index in [1.807, 2.05) is 30.3 Å². The highest BCUT2D eigenvalue weighted by Crippen LogP contribution is 2.32. The molecule has 2 nitrogen and oxygen atoms in total. The second-order valence-corrected chi connectivity index (χ2v) is 6.44. The molecule has 0 atom stereocenters. The molecule has 0 heterocycles. The number of rotatable bonds is 6. The minimum atomic E-state index is 0.648. The van der Waals surface area contributed by atoms with Crippen molar-refractivity contribution in [1.82, 2.24) is 5.32 Å². The van der Waals surface area contributed by atoms with E-state index in [2.05, 4.69) is 23.7 Å². The predicted molar refractivity (Wildman–Crippen MR) is 89.6 cm³/mol. The second-order valence-electron chi connectivity index (χ2n) is 5.15. The first-order valence-electron chi connectivity index (χ1n) is 7.09. The highest BCUT2D eigenvalue weighted by Gasteiger charge is 2.21. The monoisotopic (exact) mass is 319 g/mol. The average molecular weight is 320 g/mol. The largest absolute Gasteiger partial charge is 0.457 e. The smallest absolute Gasteiger partial charge is 0.133 e. The van der Waals surface area contributed by atoms with Crippen LogP contribution in [0.15, 0.2) is 47.4 Å². The molecule has 4 heteroatoms. The Kier molecular flexibility index (Phi) is 4.73. The van der Waals surface area contributed by atoms with E-state index in [9.17, 15) is 0 Å². The van der Waals surface area contributed by atoms with Crippen molar-refractivity contribution in [3.05, 3.63) is 53.1 Å². The molecular formula is C17H18ClNOS. The predicted octanol–water partition coefficient (Wildman–Crippen LogP) is 5.11. The van der Waals surface area contributed by atoms with Crippen molar-refractivity contribution in [3.63, 3.8) is 0 Å². The summed E-state index contributed by atoms with van der Waals surface area (Å²) < 4.78 is 6.01. The van der Waals surface area contributed by atoms with Crippen LogP contribution in [0.5, 0.6) is 11.5 Å². The van der Waals surface area contributed by atoms with Crippen LogP contribution in [0.4, 0.5) is 0 Å². The number of ether oxygens (including phenoxy) is 1. The average Bonchev–Trinajstić information content (AvgIpc) is 3.32. The minimum absolute atomic E-state index is 0.648. The van der Waals surface area contributed by atoms with Crippen molar-refractivity contribution >= 4 is 23.4 Å². The van der Waals surface area contributed by atoms with Gasteiger partial charge in [-0.3, -0.25) is 0 Å². The molecule has 0 saturated heterocycles. The van der Waals surface area contributed by atoms with E-state index in [0.29, 0.717) is 6.04 Å². The van der Waals surface area contributed by atoms with Crippen LogP contribution in [0.25, 0.3) is 0 Å². The van der Waals surface area contributed by atoms with E-state index in [1.54, 1.807) is 11.8 Å². The van der Waals surface area contributed by atoms with Crippen LogP contribution in [0.1, 0.15) is 18.4 Å². The van der Waals surface area contributed by atoms with E-state index in [0.717, 1.165) is 28.6 Å². The minimum Gasteiger partial charge on any atom is -0.457 e. The van der Waals surface area contributed by atoms with Gasteiger partial charge in [0, 0.05) is 28.1 Å². The zero-order chi connectivity index (χ0) is 14.7. The zero-order valence-corrected chi connectivity index (χ0v) is 13.5. The fourth-order valence-corrected chi connectivity index (χ4v) is 2.75. The summed E-state index contributed by atoms with van der Waals surface area (Å²) in [5, 5.41) is 4.24. The molecule has 1 saturated carbocycles. The van der Waals surface area contributed by atoms with Gasteiger partial charge in [0.05, 0.1) is 0 Å². The normalized spacial score (nSPS) is 14.2. The van der Waals surface area contributed by atoms with Crippen molar-refractivity contribution in [2.24, 2.45) is 0 Å². The molecular weight excluding hydrogens is 302 g/mol. The maximum atomic E-state index is 6.32. The number of hydrogen-bond donors (Lipinski definition) is 1. The van der Waals surface area contributed by atoms with Crippen molar-refractivity contribution in [3.8, 4) is 11.5 Å². The van der Waals surface area contributed by atoms with E-state index in [4.69, 9.17) is 16.3 Å². The fraction of sp³-hybridized carbons (Fsp3) is 0.294. The van der Waals surface area contributed by atoms with E-state index < -0.39 is 0 Å². The molecule has 0 spiro atoms. The lowest BCUT2D eigenvalue weighted by Gasteiger charge is -2.13. The second kappa shape index (κ2) is 6.73. The zero-order valence-electron chi connectivity index (χ0n) is 11.9. The summed E-state index contributed by atoms with van der Waals surface area (Å²) in [4.78, 5) is 1.23. The molecule has 110 valence electrons. The third-order valence-corrected chi connectivity index (χ3v) is 4.61. The number of benzene rings is 2. The lowest BCUT2D eigenvalue weighted by Crippen LogP contribution is -2.16. The van der Waals surface area contributed by atoms with E-state index >= 15 is 0 Å². The van der Waals surface area contributed by atoms with Crippen molar-refractivity contribution in [2.75, 3.05) is 6.26 Å². The van der Waals surface area contributed by atoms with Crippen molar-refractivity contribution in [1.29, 1.82) is 0 Å². The van der Waals surface area contributed by atoms with E-state index in [1.165, 1.54) is 17.7 Å². The van der Waals surface area contributed by atoms with Gasteiger partial charge in [-0.1, -0.05) is 17.7 Å². The van der Waals surface area contributed by atoms with Gasteiger partial charge in [-0.05, 0) is 55.5 Å². The Balaban J connectivity index is 1.77. The summed E-state index contributed by atoms with van der Waals surface area (Å²) in [7, 11) is 0. The number of nitrogens with one attached hydrogen (secondary N) is 1. The number of hydrogen-bond acceptors (Lipinski definition) is 3. The molecule has 21 heavy (non-hydrogen) atoms. The van der Waals surface area contributed by atoms with Gasteiger partial charge in [0.2, 0.25) is 0 Å². The Hall–Kier alpha value is -1.16. The summed E-state index contributed by atoms with van der Waals surface area (Å²) in [5.41, 5.74) is 1.03. The molecule has 2 aromatic carbocycles. The molecule has 3 rings (SSSR count). The highest BCUT2D eigenvalue weighted by atomic mass is 35.5. The van der Waals surface area contributed by atoms with Gasteiger partial charge in [-0.25, -0.2) is 0 Å². The van der Waals surface area contributed by atoms with Crippen molar-refractivity contribution < 1.29 is 4.74 Å². The van der Waals surface area contributed by atoms with E-state index in [-0.39, 0.29) is 0 Å². The molecule has 2 aromatic rings. The lowest BCUT2D eigenvalue weighted by atomic mass is 10.2. The van der Waals surface area contributed by atoms with Crippen LogP contribution in [-0.4, -0.2) is 12.3 Å². The number of halogens is 1. The van der Waals surface area contributed by atoms with Gasteiger partial charge in [-0.2, -0.15) is 0 Å². The van der Waals surface area contributed by atoms with Crippen LogP contribution < -0.4 is 10.1 Å². The topological polar surface area (TPSA) is 21.3 Å². The van der Waals surface area contributed by atoms with Crippen LogP contribution in [-0.2, 0) is 6.54 Å². The molecule has 1 aliphatic carbocycles. The van der Waals surface area contributed by atoms with Gasteiger partial charge in [0.15, 0.2) is 0 Å². The maximum Gasteiger partial charge on any atom is 0.133 e. The summed E-state index contributed by atoms with van der Waals surface area (Å²) in [6.45, 7) is 0.753. The Morgan fingerprint density at radius 1 is 1.19 bits per heavy atom. The summed E-state index contributed by atoms with van der Waals surface area (Å²) in [6.07, 6.45) is 4.59. The molecule has 0 bridgehead atoms. The molecule has 0 aliphatic heterocycles. The summed E-state index contributed by atoms with van der Waals surface area (Å²) in [6, 6.07) is 14.6. The standard InChI is InChI=1S/C17H18ClNOS/c1-21-14-9-7-13(8-10-14)20-17-4-2-3-16(18)15(17)11-19-12-5-6-12/h2-4,7-10,12,19H,5-6,11H2,1H3. The quantitative estimate of drug-likeness (QED) is 0.748. The molecule has 1 aliphatic rings. The summed E-state index contributed by atoms with van der Waals surface area (Å²) >= 11 is 8.04. The molecule has 1 N–H and O–H groups in total. The van der Waals surface area contributed by atoms with Crippen LogP contribution >= 0.6 is 23.4 Å².